The van der Waals surface area contributed by atoms with Crippen LogP contribution in [0.25, 0.3) is 0 Å². The van der Waals surface area contributed by atoms with Crippen molar-refractivity contribution in [2.45, 2.75) is 51.1 Å². The van der Waals surface area contributed by atoms with Gasteiger partial charge in [0.25, 0.3) is 0 Å². The molecule has 1 aliphatic carbocycles. The van der Waals surface area contributed by atoms with Crippen LogP contribution in [-0.4, -0.2) is 17.1 Å². The molecule has 2 atom stereocenters. The van der Waals surface area contributed by atoms with Gasteiger partial charge < -0.3 is 16.3 Å². The Morgan fingerprint density at radius 3 is 2.65 bits per heavy atom. The molecular weight excluding hydrogens is 250 g/mol. The van der Waals surface area contributed by atoms with E-state index in [0.29, 0.717) is 12.5 Å². The molecule has 110 valence electrons. The summed E-state index contributed by atoms with van der Waals surface area (Å²) in [6.45, 7) is 2.21. The fraction of sp³-hybridized carbons (Fsp3) is 0.562. The molecule has 0 spiro atoms. The van der Waals surface area contributed by atoms with Crippen molar-refractivity contribution >= 4 is 5.84 Å². The highest BCUT2D eigenvalue weighted by molar-refractivity contribution is 5.80. The molecule has 4 N–H and O–H groups in total. The van der Waals surface area contributed by atoms with Crippen LogP contribution in [0.15, 0.2) is 35.5 Å². The Labute approximate surface area is 121 Å². The molecule has 0 amide bonds. The topological polar surface area (TPSA) is 70.6 Å². The molecule has 1 aromatic carbocycles. The van der Waals surface area contributed by atoms with E-state index in [-0.39, 0.29) is 11.9 Å². The number of nitrogens with two attached hydrogens (primary N) is 1. The fourth-order valence-corrected chi connectivity index (χ4v) is 2.60. The SMILES string of the molecule is CCC(CC1CC1)NC(CC(N)=NO)c1ccccc1. The van der Waals surface area contributed by atoms with Crippen molar-refractivity contribution in [3.63, 3.8) is 0 Å². The summed E-state index contributed by atoms with van der Waals surface area (Å²) >= 11 is 0. The minimum atomic E-state index is 0.107. The number of amidine groups is 1. The summed E-state index contributed by atoms with van der Waals surface area (Å²) in [7, 11) is 0. The van der Waals surface area contributed by atoms with Crippen molar-refractivity contribution in [1.29, 1.82) is 0 Å². The Bertz CT molecular complexity index is 429. The van der Waals surface area contributed by atoms with E-state index in [4.69, 9.17) is 10.9 Å². The van der Waals surface area contributed by atoms with E-state index in [9.17, 15) is 0 Å². The van der Waals surface area contributed by atoms with Crippen molar-refractivity contribution in [3.05, 3.63) is 35.9 Å². The summed E-state index contributed by atoms with van der Waals surface area (Å²) in [5.41, 5.74) is 6.89. The highest BCUT2D eigenvalue weighted by atomic mass is 16.4. The second kappa shape index (κ2) is 7.29. The van der Waals surface area contributed by atoms with Gasteiger partial charge >= 0.3 is 0 Å². The predicted octanol–water partition coefficient (Wildman–Crippen LogP) is 3.03. The third kappa shape index (κ3) is 4.53. The third-order valence-corrected chi connectivity index (χ3v) is 3.99. The Balaban J connectivity index is 2.04. The second-order valence-electron chi connectivity index (χ2n) is 5.71. The monoisotopic (exact) mass is 275 g/mol. The van der Waals surface area contributed by atoms with Crippen molar-refractivity contribution in [3.8, 4) is 0 Å². The van der Waals surface area contributed by atoms with E-state index in [1.54, 1.807) is 0 Å². The van der Waals surface area contributed by atoms with Gasteiger partial charge in [-0.25, -0.2) is 0 Å². The molecule has 1 saturated carbocycles. The lowest BCUT2D eigenvalue weighted by Crippen LogP contribution is -2.35. The average molecular weight is 275 g/mol. The van der Waals surface area contributed by atoms with Gasteiger partial charge in [0.1, 0.15) is 5.84 Å². The Hall–Kier alpha value is -1.55. The molecule has 4 nitrogen and oxygen atoms in total. The first kappa shape index (κ1) is 14.9. The van der Waals surface area contributed by atoms with E-state index in [1.807, 2.05) is 18.2 Å². The summed E-state index contributed by atoms with van der Waals surface area (Å²) in [5.74, 6) is 1.17. The van der Waals surface area contributed by atoms with Crippen molar-refractivity contribution in [2.24, 2.45) is 16.8 Å². The Morgan fingerprint density at radius 2 is 2.10 bits per heavy atom. The van der Waals surface area contributed by atoms with Crippen molar-refractivity contribution < 1.29 is 5.21 Å². The number of hydrogen-bond donors (Lipinski definition) is 3. The molecule has 1 fully saturated rings. The number of benzene rings is 1. The molecule has 1 aromatic rings. The summed E-state index contributed by atoms with van der Waals surface area (Å²) in [6.07, 6.45) is 5.61. The largest absolute Gasteiger partial charge is 0.409 e. The molecule has 0 heterocycles. The predicted molar refractivity (Wildman–Crippen MR) is 81.8 cm³/mol. The van der Waals surface area contributed by atoms with Crippen LogP contribution < -0.4 is 11.1 Å². The molecule has 20 heavy (non-hydrogen) atoms. The molecule has 0 aliphatic heterocycles. The van der Waals surface area contributed by atoms with Crippen LogP contribution in [0.5, 0.6) is 0 Å². The second-order valence-corrected chi connectivity index (χ2v) is 5.71. The highest BCUT2D eigenvalue weighted by Gasteiger charge is 2.26. The van der Waals surface area contributed by atoms with Crippen molar-refractivity contribution in [2.75, 3.05) is 0 Å². The zero-order chi connectivity index (χ0) is 14.4. The van der Waals surface area contributed by atoms with Gasteiger partial charge in [-0.05, 0) is 24.3 Å². The van der Waals surface area contributed by atoms with E-state index in [2.05, 4.69) is 29.5 Å². The van der Waals surface area contributed by atoms with Gasteiger partial charge in [-0.2, -0.15) is 0 Å². The third-order valence-electron chi connectivity index (χ3n) is 3.99. The minimum absolute atomic E-state index is 0.107. The molecule has 1 aliphatic rings. The maximum atomic E-state index is 8.81. The summed E-state index contributed by atoms with van der Waals surface area (Å²) in [6, 6.07) is 10.8. The normalized spacial score (nSPS) is 18.8. The van der Waals surface area contributed by atoms with Crippen LogP contribution in [0.2, 0.25) is 0 Å². The van der Waals surface area contributed by atoms with E-state index < -0.39 is 0 Å². The first-order valence-corrected chi connectivity index (χ1v) is 7.50. The molecule has 0 saturated heterocycles. The zero-order valence-corrected chi connectivity index (χ0v) is 12.1. The Morgan fingerprint density at radius 1 is 1.40 bits per heavy atom. The lowest BCUT2D eigenvalue weighted by Gasteiger charge is -2.25. The molecule has 0 radical (unpaired) electrons. The lowest BCUT2D eigenvalue weighted by molar-refractivity contribution is 0.314. The Kier molecular flexibility index (Phi) is 5.41. The van der Waals surface area contributed by atoms with Crippen LogP contribution in [0.4, 0.5) is 0 Å². The van der Waals surface area contributed by atoms with Gasteiger partial charge in [-0.15, -0.1) is 0 Å². The summed E-state index contributed by atoms with van der Waals surface area (Å²) < 4.78 is 0. The van der Waals surface area contributed by atoms with E-state index in [0.717, 1.165) is 12.3 Å². The fourth-order valence-electron chi connectivity index (χ4n) is 2.60. The van der Waals surface area contributed by atoms with Crippen LogP contribution in [0.3, 0.4) is 0 Å². The maximum Gasteiger partial charge on any atom is 0.141 e. The van der Waals surface area contributed by atoms with Gasteiger partial charge in [-0.1, -0.05) is 55.3 Å². The first-order valence-electron chi connectivity index (χ1n) is 7.50. The van der Waals surface area contributed by atoms with E-state index in [1.165, 1.54) is 24.8 Å². The van der Waals surface area contributed by atoms with Crippen LogP contribution in [0, 0.1) is 5.92 Å². The van der Waals surface area contributed by atoms with E-state index >= 15 is 0 Å². The van der Waals surface area contributed by atoms with Gasteiger partial charge in [0, 0.05) is 18.5 Å². The first-order chi connectivity index (χ1) is 9.72. The number of hydrogen-bond acceptors (Lipinski definition) is 3. The standard InChI is InChI=1S/C16H25N3O/c1-2-14(10-12-8-9-12)18-15(11-16(17)19-20)13-6-4-3-5-7-13/h3-7,12,14-15,18,20H,2,8-11H2,1H3,(H2,17,19). The minimum Gasteiger partial charge on any atom is -0.409 e. The van der Waals surface area contributed by atoms with Gasteiger partial charge in [0.2, 0.25) is 0 Å². The van der Waals surface area contributed by atoms with Crippen LogP contribution in [-0.2, 0) is 0 Å². The molecule has 2 rings (SSSR count). The molecular formula is C16H25N3O. The zero-order valence-electron chi connectivity index (χ0n) is 12.1. The number of rotatable bonds is 8. The summed E-state index contributed by atoms with van der Waals surface area (Å²) in [4.78, 5) is 0. The number of nitrogens with one attached hydrogen (secondary N) is 1. The molecule has 2 unspecified atom stereocenters. The quantitative estimate of drug-likeness (QED) is 0.295. The molecule has 4 heteroatoms. The van der Waals surface area contributed by atoms with Crippen LogP contribution >= 0.6 is 0 Å². The lowest BCUT2D eigenvalue weighted by atomic mass is 9.99. The number of oxime groups is 1. The smallest absolute Gasteiger partial charge is 0.141 e. The van der Waals surface area contributed by atoms with Gasteiger partial charge in [-0.3, -0.25) is 0 Å². The average Bonchev–Trinajstić information content (AvgIpc) is 3.30. The highest BCUT2D eigenvalue weighted by Crippen LogP contribution is 2.34. The van der Waals surface area contributed by atoms with Crippen molar-refractivity contribution in [1.82, 2.24) is 5.32 Å². The molecule has 0 bridgehead atoms. The molecule has 0 aromatic heterocycles. The number of nitrogens with zero attached hydrogens (tertiary/aromatic N) is 1. The summed E-state index contributed by atoms with van der Waals surface area (Å²) in [5, 5.41) is 15.6. The van der Waals surface area contributed by atoms with Crippen LogP contribution in [0.1, 0.15) is 50.6 Å². The van der Waals surface area contributed by atoms with Gasteiger partial charge in [0.05, 0.1) is 0 Å². The maximum absolute atomic E-state index is 8.81. The van der Waals surface area contributed by atoms with Gasteiger partial charge in [0.15, 0.2) is 0 Å².